The summed E-state index contributed by atoms with van der Waals surface area (Å²) >= 11 is 0. The second-order valence-electron chi connectivity index (χ2n) is 4.87. The van der Waals surface area contributed by atoms with E-state index < -0.39 is 0 Å². The van der Waals surface area contributed by atoms with Gasteiger partial charge in [0.05, 0.1) is 19.8 Å². The highest BCUT2D eigenvalue weighted by molar-refractivity contribution is 6.41. The Balaban J connectivity index is 2.08. The van der Waals surface area contributed by atoms with Crippen LogP contribution in [0, 0.1) is 0 Å². The number of ether oxygens (including phenoxy) is 2. The normalized spacial score (nSPS) is 13.1. The van der Waals surface area contributed by atoms with Crippen LogP contribution in [-0.4, -0.2) is 25.8 Å². The van der Waals surface area contributed by atoms with Gasteiger partial charge in [-0.15, -0.1) is 0 Å². The van der Waals surface area contributed by atoms with E-state index in [1.54, 1.807) is 55.7 Å². The molecule has 0 atom stereocenters. The van der Waals surface area contributed by atoms with Crippen LogP contribution in [0.5, 0.6) is 11.5 Å². The lowest BCUT2D eigenvalue weighted by atomic mass is 10.1. The van der Waals surface area contributed by atoms with Gasteiger partial charge in [0, 0.05) is 22.8 Å². The maximum atomic E-state index is 12.4. The third-order valence-electron chi connectivity index (χ3n) is 3.65. The molecular formula is C18H14O4. The van der Waals surface area contributed by atoms with Crippen LogP contribution in [0.4, 0.5) is 0 Å². The fourth-order valence-electron chi connectivity index (χ4n) is 2.50. The minimum atomic E-state index is -0.251. The Morgan fingerprint density at radius 3 is 2.05 bits per heavy atom. The number of carbonyl (C=O) groups excluding carboxylic acids is 2. The molecule has 0 heterocycles. The molecule has 1 aliphatic carbocycles. The Morgan fingerprint density at radius 1 is 0.864 bits per heavy atom. The van der Waals surface area contributed by atoms with Crippen molar-refractivity contribution in [1.82, 2.24) is 0 Å². The number of ketones is 2. The van der Waals surface area contributed by atoms with E-state index in [0.29, 0.717) is 28.2 Å². The molecule has 0 bridgehead atoms. The number of hydrogen-bond acceptors (Lipinski definition) is 4. The summed E-state index contributed by atoms with van der Waals surface area (Å²) < 4.78 is 10.4. The molecule has 1 aliphatic rings. The summed E-state index contributed by atoms with van der Waals surface area (Å²) in [4.78, 5) is 24.8. The average Bonchev–Trinajstić information content (AvgIpc) is 2.80. The highest BCUT2D eigenvalue weighted by Gasteiger charge is 2.32. The van der Waals surface area contributed by atoms with Crippen LogP contribution >= 0.6 is 0 Å². The van der Waals surface area contributed by atoms with Crippen LogP contribution in [0.15, 0.2) is 48.0 Å². The van der Waals surface area contributed by atoms with Crippen LogP contribution in [0.3, 0.4) is 0 Å². The second kappa shape index (κ2) is 5.48. The minimum absolute atomic E-state index is 0.157. The molecule has 2 aromatic carbocycles. The highest BCUT2D eigenvalue weighted by Crippen LogP contribution is 2.31. The standard InChI is InChI=1S/C18H14O4/c1-21-12-8-7-11(16(10-12)22-2)9-15-17(19)13-5-3-4-6-14(13)18(15)20/h3-10H,1-2H3. The molecule has 0 N–H and O–H groups in total. The van der Waals surface area contributed by atoms with E-state index in [4.69, 9.17) is 9.47 Å². The fourth-order valence-corrected chi connectivity index (χ4v) is 2.50. The molecule has 4 heteroatoms. The first kappa shape index (κ1) is 14.1. The Morgan fingerprint density at radius 2 is 1.50 bits per heavy atom. The lowest BCUT2D eigenvalue weighted by Gasteiger charge is -2.07. The van der Waals surface area contributed by atoms with E-state index in [2.05, 4.69) is 0 Å². The molecule has 0 aliphatic heterocycles. The fraction of sp³-hybridized carbons (Fsp3) is 0.111. The summed E-state index contributed by atoms with van der Waals surface area (Å²) in [6, 6.07) is 12.1. The van der Waals surface area contributed by atoms with Crippen molar-refractivity contribution in [2.75, 3.05) is 14.2 Å². The SMILES string of the molecule is COc1ccc(C=C2C(=O)c3ccccc3C2=O)c(OC)c1. The zero-order valence-corrected chi connectivity index (χ0v) is 12.3. The number of methoxy groups -OCH3 is 2. The second-order valence-corrected chi connectivity index (χ2v) is 4.87. The molecule has 0 fully saturated rings. The molecule has 4 nitrogen and oxygen atoms in total. The largest absolute Gasteiger partial charge is 0.497 e. The molecule has 110 valence electrons. The quantitative estimate of drug-likeness (QED) is 0.644. The van der Waals surface area contributed by atoms with Crippen LogP contribution in [0.2, 0.25) is 0 Å². The monoisotopic (exact) mass is 294 g/mol. The molecular weight excluding hydrogens is 280 g/mol. The van der Waals surface area contributed by atoms with Crippen molar-refractivity contribution in [3.05, 3.63) is 64.7 Å². The van der Waals surface area contributed by atoms with Gasteiger partial charge in [-0.1, -0.05) is 24.3 Å². The van der Waals surface area contributed by atoms with Gasteiger partial charge in [0.25, 0.3) is 0 Å². The maximum Gasteiger partial charge on any atom is 0.197 e. The zero-order valence-electron chi connectivity index (χ0n) is 12.3. The topological polar surface area (TPSA) is 52.6 Å². The molecule has 0 spiro atoms. The van der Waals surface area contributed by atoms with Gasteiger partial charge in [-0.05, 0) is 18.2 Å². The van der Waals surface area contributed by atoms with Gasteiger partial charge in [-0.2, -0.15) is 0 Å². The predicted molar refractivity (Wildman–Crippen MR) is 82.6 cm³/mol. The summed E-state index contributed by atoms with van der Waals surface area (Å²) in [5.41, 5.74) is 1.72. The van der Waals surface area contributed by atoms with E-state index in [0.717, 1.165) is 0 Å². The molecule has 0 aromatic heterocycles. The molecule has 0 saturated carbocycles. The van der Waals surface area contributed by atoms with Crippen LogP contribution in [0.1, 0.15) is 26.3 Å². The van der Waals surface area contributed by atoms with Gasteiger partial charge < -0.3 is 9.47 Å². The zero-order chi connectivity index (χ0) is 15.7. The molecule has 0 radical (unpaired) electrons. The van der Waals surface area contributed by atoms with Crippen molar-refractivity contribution in [3.8, 4) is 11.5 Å². The van der Waals surface area contributed by atoms with E-state index >= 15 is 0 Å². The highest BCUT2D eigenvalue weighted by atomic mass is 16.5. The maximum absolute atomic E-state index is 12.4. The Labute approximate surface area is 128 Å². The van der Waals surface area contributed by atoms with Crippen molar-refractivity contribution in [2.24, 2.45) is 0 Å². The number of rotatable bonds is 3. The lowest BCUT2D eigenvalue weighted by Crippen LogP contribution is -2.01. The number of allylic oxidation sites excluding steroid dienone is 1. The van der Waals surface area contributed by atoms with Crippen molar-refractivity contribution in [2.45, 2.75) is 0 Å². The first-order chi connectivity index (χ1) is 10.7. The first-order valence-electron chi connectivity index (χ1n) is 6.78. The Kier molecular flexibility index (Phi) is 3.51. The molecule has 2 aromatic rings. The third kappa shape index (κ3) is 2.19. The summed E-state index contributed by atoms with van der Waals surface area (Å²) in [5.74, 6) is 0.687. The smallest absolute Gasteiger partial charge is 0.197 e. The summed E-state index contributed by atoms with van der Waals surface area (Å²) in [6.07, 6.45) is 1.57. The third-order valence-corrected chi connectivity index (χ3v) is 3.65. The molecule has 0 saturated heterocycles. The first-order valence-corrected chi connectivity index (χ1v) is 6.78. The summed E-state index contributed by atoms with van der Waals surface area (Å²) in [6.45, 7) is 0. The van der Waals surface area contributed by atoms with Crippen LogP contribution < -0.4 is 9.47 Å². The number of hydrogen-bond donors (Lipinski definition) is 0. The lowest BCUT2D eigenvalue weighted by molar-refractivity contribution is 0.0990. The average molecular weight is 294 g/mol. The van der Waals surface area contributed by atoms with E-state index in [1.807, 2.05) is 0 Å². The van der Waals surface area contributed by atoms with E-state index in [-0.39, 0.29) is 17.1 Å². The van der Waals surface area contributed by atoms with Crippen LogP contribution in [-0.2, 0) is 0 Å². The van der Waals surface area contributed by atoms with E-state index in [1.165, 1.54) is 7.11 Å². The number of benzene rings is 2. The summed E-state index contributed by atoms with van der Waals surface area (Å²) in [5, 5.41) is 0. The van der Waals surface area contributed by atoms with Gasteiger partial charge in [0.1, 0.15) is 11.5 Å². The summed E-state index contributed by atoms with van der Waals surface area (Å²) in [7, 11) is 3.09. The van der Waals surface area contributed by atoms with Gasteiger partial charge >= 0.3 is 0 Å². The molecule has 22 heavy (non-hydrogen) atoms. The minimum Gasteiger partial charge on any atom is -0.497 e. The van der Waals surface area contributed by atoms with Crippen LogP contribution in [0.25, 0.3) is 6.08 Å². The molecule has 3 rings (SSSR count). The van der Waals surface area contributed by atoms with Gasteiger partial charge in [0.15, 0.2) is 11.6 Å². The van der Waals surface area contributed by atoms with Crippen molar-refractivity contribution in [3.63, 3.8) is 0 Å². The van der Waals surface area contributed by atoms with Crippen molar-refractivity contribution < 1.29 is 19.1 Å². The molecule has 0 amide bonds. The van der Waals surface area contributed by atoms with Crippen molar-refractivity contribution >= 4 is 17.6 Å². The van der Waals surface area contributed by atoms with Gasteiger partial charge in [-0.3, -0.25) is 9.59 Å². The number of carbonyl (C=O) groups is 2. The molecule has 0 unspecified atom stereocenters. The predicted octanol–water partition coefficient (Wildman–Crippen LogP) is 3.17. The van der Waals surface area contributed by atoms with Gasteiger partial charge in [0.2, 0.25) is 0 Å². The Bertz CT molecular complexity index is 765. The number of Topliss-reactive ketones (excluding diaryl/α,β-unsaturated/α-hetero) is 2. The van der Waals surface area contributed by atoms with Crippen molar-refractivity contribution in [1.29, 1.82) is 0 Å². The number of fused-ring (bicyclic) bond motifs is 1. The Hall–Kier alpha value is -2.88. The van der Waals surface area contributed by atoms with E-state index in [9.17, 15) is 9.59 Å². The van der Waals surface area contributed by atoms with Gasteiger partial charge in [-0.25, -0.2) is 0 Å².